The van der Waals surface area contributed by atoms with Gasteiger partial charge in [-0.1, -0.05) is 0 Å². The quantitative estimate of drug-likeness (QED) is 0.405. The number of carbonyl (C=O) groups excluding carboxylic acids is 1. The summed E-state index contributed by atoms with van der Waals surface area (Å²) in [5.41, 5.74) is 0.465. The van der Waals surface area contributed by atoms with Crippen molar-refractivity contribution in [2.75, 3.05) is 39.1 Å². The van der Waals surface area contributed by atoms with Gasteiger partial charge >= 0.3 is 6.09 Å². The molecule has 0 radical (unpaired) electrons. The molecule has 136 valence electrons. The molecule has 0 unspecified atom stereocenters. The fourth-order valence-corrected chi connectivity index (χ4v) is 2.40. The minimum Gasteiger partial charge on any atom is -0.444 e. The Bertz CT molecular complexity index is 550. The highest BCUT2D eigenvalue weighted by Crippen LogP contribution is 2.17. The summed E-state index contributed by atoms with van der Waals surface area (Å²) in [4.78, 5) is 22.1. The Morgan fingerprint density at radius 2 is 1.96 bits per heavy atom. The van der Waals surface area contributed by atoms with Crippen molar-refractivity contribution in [3.63, 3.8) is 0 Å². The predicted octanol–water partition coefficient (Wildman–Crippen LogP) is 1.40. The Morgan fingerprint density at radius 1 is 1.29 bits per heavy atom. The number of hydrogen-bond donors (Lipinski definition) is 3. The number of aliphatic imine (C=N–C) groups is 1. The molecule has 0 fully saturated rings. The number of aromatic nitrogens is 1. The summed E-state index contributed by atoms with van der Waals surface area (Å²) < 4.78 is 5.16. The largest absolute Gasteiger partial charge is 0.444 e. The fourth-order valence-electron chi connectivity index (χ4n) is 1.64. The van der Waals surface area contributed by atoms with Gasteiger partial charge in [-0.05, 0) is 20.8 Å². The van der Waals surface area contributed by atoms with E-state index < -0.39 is 11.7 Å². The van der Waals surface area contributed by atoms with E-state index in [1.807, 2.05) is 45.1 Å². The monoisotopic (exact) mass is 356 g/mol. The second-order valence-electron chi connectivity index (χ2n) is 6.30. The number of guanidine groups is 1. The van der Waals surface area contributed by atoms with Gasteiger partial charge in [-0.25, -0.2) is 9.78 Å². The zero-order valence-electron chi connectivity index (χ0n) is 15.3. The Balaban J connectivity index is 2.26. The number of alkyl carbamates (subject to hydrolysis) is 1. The van der Waals surface area contributed by atoms with Crippen molar-refractivity contribution in [2.45, 2.75) is 32.9 Å². The molecule has 0 bridgehead atoms. The normalized spacial score (nSPS) is 11.8. The molecule has 0 saturated heterocycles. The average molecular weight is 356 g/mol. The molecule has 1 aromatic heterocycles. The lowest BCUT2D eigenvalue weighted by molar-refractivity contribution is 0.0529. The summed E-state index contributed by atoms with van der Waals surface area (Å²) in [6.45, 7) is 7.06. The van der Waals surface area contributed by atoms with Gasteiger partial charge in [-0.15, -0.1) is 11.3 Å². The zero-order valence-corrected chi connectivity index (χ0v) is 16.1. The van der Waals surface area contributed by atoms with Crippen LogP contribution in [0.25, 0.3) is 0 Å². The molecule has 0 spiro atoms. The molecule has 0 aromatic carbocycles. The van der Waals surface area contributed by atoms with Gasteiger partial charge in [-0.2, -0.15) is 0 Å². The average Bonchev–Trinajstić information content (AvgIpc) is 2.93. The second-order valence-corrected chi connectivity index (χ2v) is 7.13. The van der Waals surface area contributed by atoms with Crippen molar-refractivity contribution in [1.82, 2.24) is 20.9 Å². The molecule has 0 aliphatic heterocycles. The number of ether oxygens (including phenoxy) is 1. The topological polar surface area (TPSA) is 90.9 Å². The fraction of sp³-hybridized carbons (Fsp3) is 0.667. The molecule has 0 aliphatic carbocycles. The summed E-state index contributed by atoms with van der Waals surface area (Å²) in [7, 11) is 5.63. The van der Waals surface area contributed by atoms with Gasteiger partial charge in [0.1, 0.15) is 5.60 Å². The smallest absolute Gasteiger partial charge is 0.407 e. The van der Waals surface area contributed by atoms with Gasteiger partial charge in [0, 0.05) is 39.6 Å². The van der Waals surface area contributed by atoms with E-state index in [1.165, 1.54) is 0 Å². The molecule has 0 atom stereocenters. The number of anilines is 1. The molecule has 9 heteroatoms. The van der Waals surface area contributed by atoms with E-state index in [0.29, 0.717) is 25.6 Å². The lowest BCUT2D eigenvalue weighted by Gasteiger charge is -2.19. The lowest BCUT2D eigenvalue weighted by atomic mass is 10.2. The molecule has 0 saturated carbocycles. The van der Waals surface area contributed by atoms with Crippen LogP contribution in [0.2, 0.25) is 0 Å². The highest BCUT2D eigenvalue weighted by atomic mass is 32.1. The summed E-state index contributed by atoms with van der Waals surface area (Å²) >= 11 is 1.60. The zero-order chi connectivity index (χ0) is 18.2. The van der Waals surface area contributed by atoms with E-state index in [1.54, 1.807) is 18.4 Å². The van der Waals surface area contributed by atoms with Crippen LogP contribution in [-0.4, -0.2) is 56.9 Å². The highest BCUT2D eigenvalue weighted by molar-refractivity contribution is 7.13. The maximum atomic E-state index is 11.5. The first-order chi connectivity index (χ1) is 11.2. The first kappa shape index (κ1) is 20.0. The van der Waals surface area contributed by atoms with Crippen LogP contribution in [0.3, 0.4) is 0 Å². The summed E-state index contributed by atoms with van der Waals surface area (Å²) in [5.74, 6) is 0.653. The second kappa shape index (κ2) is 9.31. The Labute approximate surface area is 147 Å². The number of amides is 1. The molecular formula is C15H28N6O2S. The van der Waals surface area contributed by atoms with Crippen molar-refractivity contribution < 1.29 is 9.53 Å². The van der Waals surface area contributed by atoms with Crippen LogP contribution < -0.4 is 20.9 Å². The number of nitrogens with one attached hydrogen (secondary N) is 3. The number of carbonyl (C=O) groups is 1. The van der Waals surface area contributed by atoms with Crippen LogP contribution in [0.15, 0.2) is 10.4 Å². The van der Waals surface area contributed by atoms with E-state index in [-0.39, 0.29) is 0 Å². The van der Waals surface area contributed by atoms with Crippen molar-refractivity contribution >= 4 is 28.5 Å². The standard InChI is InChI=1S/C15H28N6O2S/c1-15(2,3)23-14(22)18-8-7-17-12(16-4)19-9-11-10-24-13(20-11)21(5)6/h10H,7-9H2,1-6H3,(H,18,22)(H2,16,17,19). The third-order valence-electron chi connectivity index (χ3n) is 2.67. The summed E-state index contributed by atoms with van der Waals surface area (Å²) in [6, 6.07) is 0. The third-order valence-corrected chi connectivity index (χ3v) is 3.73. The summed E-state index contributed by atoms with van der Waals surface area (Å²) in [5, 5.41) is 12.0. The maximum absolute atomic E-state index is 11.5. The molecule has 8 nitrogen and oxygen atoms in total. The minimum absolute atomic E-state index is 0.425. The van der Waals surface area contributed by atoms with Crippen LogP contribution in [0.4, 0.5) is 9.93 Å². The number of hydrogen-bond acceptors (Lipinski definition) is 6. The van der Waals surface area contributed by atoms with Gasteiger partial charge in [0.25, 0.3) is 0 Å². The van der Waals surface area contributed by atoms with Crippen molar-refractivity contribution in [2.24, 2.45) is 4.99 Å². The molecule has 0 aliphatic rings. The van der Waals surface area contributed by atoms with Gasteiger partial charge in [0.05, 0.1) is 12.2 Å². The van der Waals surface area contributed by atoms with E-state index in [4.69, 9.17) is 4.74 Å². The van der Waals surface area contributed by atoms with Crippen molar-refractivity contribution in [3.8, 4) is 0 Å². The molecule has 1 rings (SSSR count). The van der Waals surface area contributed by atoms with Crippen LogP contribution in [0, 0.1) is 0 Å². The van der Waals surface area contributed by atoms with E-state index in [0.717, 1.165) is 10.8 Å². The lowest BCUT2D eigenvalue weighted by Crippen LogP contribution is -2.42. The van der Waals surface area contributed by atoms with Crippen LogP contribution in [-0.2, 0) is 11.3 Å². The first-order valence-electron chi connectivity index (χ1n) is 7.74. The van der Waals surface area contributed by atoms with E-state index in [9.17, 15) is 4.79 Å². The van der Waals surface area contributed by atoms with Crippen molar-refractivity contribution in [3.05, 3.63) is 11.1 Å². The number of thiazole rings is 1. The third kappa shape index (κ3) is 8.00. The van der Waals surface area contributed by atoms with Gasteiger partial charge in [0.15, 0.2) is 11.1 Å². The maximum Gasteiger partial charge on any atom is 0.407 e. The molecule has 1 amide bonds. The van der Waals surface area contributed by atoms with Gasteiger partial charge in [0.2, 0.25) is 0 Å². The highest BCUT2D eigenvalue weighted by Gasteiger charge is 2.15. The van der Waals surface area contributed by atoms with Crippen molar-refractivity contribution in [1.29, 1.82) is 0 Å². The molecular weight excluding hydrogens is 328 g/mol. The Hall–Kier alpha value is -2.03. The molecule has 1 heterocycles. The SMILES string of the molecule is CN=C(NCCNC(=O)OC(C)(C)C)NCc1csc(N(C)C)n1. The molecule has 3 N–H and O–H groups in total. The van der Waals surface area contributed by atoms with Crippen LogP contribution in [0.1, 0.15) is 26.5 Å². The molecule has 24 heavy (non-hydrogen) atoms. The Morgan fingerprint density at radius 3 is 2.50 bits per heavy atom. The minimum atomic E-state index is -0.492. The predicted molar refractivity (Wildman–Crippen MR) is 98.9 cm³/mol. The van der Waals surface area contributed by atoms with Gasteiger partial charge in [-0.3, -0.25) is 4.99 Å². The first-order valence-corrected chi connectivity index (χ1v) is 8.62. The van der Waals surface area contributed by atoms with Gasteiger partial charge < -0.3 is 25.6 Å². The molecule has 1 aromatic rings. The van der Waals surface area contributed by atoms with Crippen LogP contribution >= 0.6 is 11.3 Å². The Kier molecular flexibility index (Phi) is 7.76. The summed E-state index contributed by atoms with van der Waals surface area (Å²) in [6.07, 6.45) is -0.425. The number of rotatable bonds is 6. The number of nitrogens with zero attached hydrogens (tertiary/aromatic N) is 3. The van der Waals surface area contributed by atoms with E-state index in [2.05, 4.69) is 25.9 Å². The van der Waals surface area contributed by atoms with Crippen LogP contribution in [0.5, 0.6) is 0 Å². The van der Waals surface area contributed by atoms with E-state index >= 15 is 0 Å².